The molecule has 31 heavy (non-hydrogen) atoms. The molecule has 0 saturated carbocycles. The van der Waals surface area contributed by atoms with Crippen molar-refractivity contribution in [2.75, 3.05) is 7.11 Å². The second-order valence-electron chi connectivity index (χ2n) is 7.89. The van der Waals surface area contributed by atoms with Crippen molar-refractivity contribution in [3.63, 3.8) is 0 Å². The van der Waals surface area contributed by atoms with Crippen LogP contribution in [0.1, 0.15) is 57.1 Å². The third kappa shape index (κ3) is 4.54. The summed E-state index contributed by atoms with van der Waals surface area (Å²) in [6.07, 6.45) is -4.77. The zero-order valence-electron chi connectivity index (χ0n) is 17.8. The fourth-order valence-corrected chi connectivity index (χ4v) is 4.56. The SMILES string of the molecule is CCCC1(C(=O)O)C(CC(C)OC)NC(C)=C(C#N)C1c1ccc(F)cc1C(F)(F)F. The number of carbonyl (C=O) groups is 1. The van der Waals surface area contributed by atoms with E-state index in [2.05, 4.69) is 5.32 Å². The van der Waals surface area contributed by atoms with E-state index in [4.69, 9.17) is 4.74 Å². The molecule has 1 aromatic rings. The van der Waals surface area contributed by atoms with Gasteiger partial charge in [-0.25, -0.2) is 4.39 Å². The number of nitrogens with one attached hydrogen (secondary N) is 1. The number of carboxylic acid groups (broad SMARTS) is 1. The number of methoxy groups -OCH3 is 1. The summed E-state index contributed by atoms with van der Waals surface area (Å²) in [4.78, 5) is 12.8. The Kier molecular flexibility index (Phi) is 7.37. The van der Waals surface area contributed by atoms with Crippen molar-refractivity contribution in [3.05, 3.63) is 46.4 Å². The Bertz CT molecular complexity index is 907. The Morgan fingerprint density at radius 3 is 2.55 bits per heavy atom. The van der Waals surface area contributed by atoms with Crippen LogP contribution in [0.4, 0.5) is 17.6 Å². The fraction of sp³-hybridized carbons (Fsp3) is 0.545. The molecule has 0 fully saturated rings. The van der Waals surface area contributed by atoms with Gasteiger partial charge in [0.1, 0.15) is 5.82 Å². The smallest absolute Gasteiger partial charge is 0.416 e. The van der Waals surface area contributed by atoms with Crippen LogP contribution < -0.4 is 5.32 Å². The van der Waals surface area contributed by atoms with E-state index in [0.29, 0.717) is 18.2 Å². The first-order chi connectivity index (χ1) is 14.4. The second-order valence-corrected chi connectivity index (χ2v) is 7.89. The third-order valence-corrected chi connectivity index (χ3v) is 6.00. The number of benzene rings is 1. The minimum absolute atomic E-state index is 0.00817. The summed E-state index contributed by atoms with van der Waals surface area (Å²) in [5.74, 6) is -3.83. The maximum atomic E-state index is 13.9. The Labute approximate surface area is 178 Å². The highest BCUT2D eigenvalue weighted by Gasteiger charge is 2.57. The number of nitriles is 1. The molecule has 0 amide bonds. The van der Waals surface area contributed by atoms with Gasteiger partial charge in [0.15, 0.2) is 0 Å². The minimum atomic E-state index is -4.93. The van der Waals surface area contributed by atoms with Crippen LogP contribution in [0.2, 0.25) is 0 Å². The van der Waals surface area contributed by atoms with Gasteiger partial charge in [-0.15, -0.1) is 0 Å². The summed E-state index contributed by atoms with van der Waals surface area (Å²) in [5.41, 5.74) is -3.28. The number of hydrogen-bond acceptors (Lipinski definition) is 4. The van der Waals surface area contributed by atoms with Gasteiger partial charge in [-0.3, -0.25) is 4.79 Å². The second kappa shape index (κ2) is 9.27. The average Bonchev–Trinajstić information content (AvgIpc) is 2.68. The van der Waals surface area contributed by atoms with E-state index in [1.807, 2.05) is 6.07 Å². The number of halogens is 4. The summed E-state index contributed by atoms with van der Waals surface area (Å²) in [5, 5.41) is 23.3. The molecule has 0 aliphatic carbocycles. The molecule has 0 bridgehead atoms. The van der Waals surface area contributed by atoms with Gasteiger partial charge in [-0.1, -0.05) is 19.4 Å². The molecular weight excluding hydrogens is 416 g/mol. The summed E-state index contributed by atoms with van der Waals surface area (Å²) < 4.78 is 60.6. The maximum Gasteiger partial charge on any atom is 0.416 e. The van der Waals surface area contributed by atoms with Gasteiger partial charge in [0.2, 0.25) is 0 Å². The maximum absolute atomic E-state index is 13.9. The van der Waals surface area contributed by atoms with E-state index >= 15 is 0 Å². The largest absolute Gasteiger partial charge is 0.481 e. The number of nitrogens with zero attached hydrogens (tertiary/aromatic N) is 1. The van der Waals surface area contributed by atoms with Crippen LogP contribution in [-0.2, 0) is 15.7 Å². The first kappa shape index (κ1) is 24.7. The molecule has 1 aliphatic rings. The van der Waals surface area contributed by atoms with Crippen LogP contribution in [0, 0.1) is 22.6 Å². The van der Waals surface area contributed by atoms with Gasteiger partial charge in [0, 0.05) is 24.8 Å². The van der Waals surface area contributed by atoms with Crippen LogP contribution in [-0.4, -0.2) is 30.3 Å². The van der Waals surface area contributed by atoms with Crippen molar-refractivity contribution in [2.24, 2.45) is 5.41 Å². The summed E-state index contributed by atoms with van der Waals surface area (Å²) >= 11 is 0. The summed E-state index contributed by atoms with van der Waals surface area (Å²) in [6.45, 7) is 4.99. The molecule has 2 rings (SSSR count). The molecular formula is C22H26F4N2O3. The zero-order valence-corrected chi connectivity index (χ0v) is 17.8. The first-order valence-electron chi connectivity index (χ1n) is 9.94. The number of hydrogen-bond donors (Lipinski definition) is 2. The number of alkyl halides is 3. The van der Waals surface area contributed by atoms with Crippen molar-refractivity contribution in [1.82, 2.24) is 5.32 Å². The predicted octanol–water partition coefficient (Wildman–Crippen LogP) is 4.99. The van der Waals surface area contributed by atoms with Crippen LogP contribution >= 0.6 is 0 Å². The highest BCUT2D eigenvalue weighted by atomic mass is 19.4. The number of ether oxygens (including phenoxy) is 1. The first-order valence-corrected chi connectivity index (χ1v) is 9.94. The van der Waals surface area contributed by atoms with Gasteiger partial charge in [-0.2, -0.15) is 18.4 Å². The standard InChI is InChI=1S/C22H26F4N2O3/c1-5-8-21(20(29)30)18(9-12(2)31-4)28-13(3)16(11-27)19(21)15-7-6-14(23)10-17(15)22(24,25)26/h6-7,10,12,18-19,28H,5,8-9H2,1-4H3,(H,29,30). The number of rotatable bonds is 7. The van der Waals surface area contributed by atoms with Crippen LogP contribution in [0.5, 0.6) is 0 Å². The molecule has 4 unspecified atom stereocenters. The van der Waals surface area contributed by atoms with Gasteiger partial charge in [0.25, 0.3) is 0 Å². The van der Waals surface area contributed by atoms with E-state index < -0.39 is 46.5 Å². The topological polar surface area (TPSA) is 82.3 Å². The van der Waals surface area contributed by atoms with Crippen LogP contribution in [0.3, 0.4) is 0 Å². The number of allylic oxidation sites excluding steroid dienone is 2. The van der Waals surface area contributed by atoms with E-state index in [-0.39, 0.29) is 24.5 Å². The Balaban J connectivity index is 2.92. The molecule has 170 valence electrons. The summed E-state index contributed by atoms with van der Waals surface area (Å²) in [7, 11) is 1.46. The van der Waals surface area contributed by atoms with E-state index in [1.165, 1.54) is 14.0 Å². The predicted molar refractivity (Wildman–Crippen MR) is 105 cm³/mol. The monoisotopic (exact) mass is 442 g/mol. The molecule has 5 nitrogen and oxygen atoms in total. The van der Waals surface area contributed by atoms with Gasteiger partial charge in [-0.05, 0) is 44.4 Å². The molecule has 1 aromatic carbocycles. The van der Waals surface area contributed by atoms with Gasteiger partial charge < -0.3 is 15.2 Å². The molecule has 1 aliphatic heterocycles. The molecule has 2 N–H and O–H groups in total. The van der Waals surface area contributed by atoms with E-state index in [0.717, 1.165) is 12.1 Å². The Morgan fingerprint density at radius 1 is 1.42 bits per heavy atom. The highest BCUT2D eigenvalue weighted by molar-refractivity contribution is 5.80. The molecule has 0 aromatic heterocycles. The zero-order chi connectivity index (χ0) is 23.6. The van der Waals surface area contributed by atoms with Gasteiger partial charge >= 0.3 is 12.1 Å². The van der Waals surface area contributed by atoms with Crippen LogP contribution in [0.25, 0.3) is 0 Å². The number of carboxylic acids is 1. The van der Waals surface area contributed by atoms with Crippen molar-refractivity contribution in [3.8, 4) is 6.07 Å². The fourth-order valence-electron chi connectivity index (χ4n) is 4.56. The normalized spacial score (nSPS) is 25.0. The van der Waals surface area contributed by atoms with Crippen molar-refractivity contribution in [1.29, 1.82) is 5.26 Å². The third-order valence-electron chi connectivity index (χ3n) is 6.00. The number of aliphatic carboxylic acids is 1. The minimum Gasteiger partial charge on any atom is -0.481 e. The van der Waals surface area contributed by atoms with Crippen LogP contribution in [0.15, 0.2) is 29.5 Å². The Hall–Kier alpha value is -2.60. The Morgan fingerprint density at radius 2 is 2.06 bits per heavy atom. The van der Waals surface area contributed by atoms with E-state index in [9.17, 15) is 32.7 Å². The molecule has 9 heteroatoms. The lowest BCUT2D eigenvalue weighted by atomic mass is 9.58. The summed E-state index contributed by atoms with van der Waals surface area (Å²) in [6, 6.07) is 3.27. The van der Waals surface area contributed by atoms with Crippen molar-refractivity contribution >= 4 is 5.97 Å². The average molecular weight is 442 g/mol. The quantitative estimate of drug-likeness (QED) is 0.581. The molecule has 1 heterocycles. The van der Waals surface area contributed by atoms with E-state index in [1.54, 1.807) is 13.8 Å². The molecule has 0 radical (unpaired) electrons. The van der Waals surface area contributed by atoms with Crippen molar-refractivity contribution < 1.29 is 32.2 Å². The lowest BCUT2D eigenvalue weighted by molar-refractivity contribution is -0.155. The van der Waals surface area contributed by atoms with Gasteiger partial charge in [0.05, 0.1) is 28.7 Å². The molecule has 0 saturated heterocycles. The van der Waals surface area contributed by atoms with Crippen molar-refractivity contribution in [2.45, 2.75) is 64.3 Å². The molecule has 4 atom stereocenters. The lowest BCUT2D eigenvalue weighted by Gasteiger charge is -2.48. The molecule has 0 spiro atoms. The lowest BCUT2D eigenvalue weighted by Crippen LogP contribution is -2.58. The highest BCUT2D eigenvalue weighted by Crippen LogP contribution is 2.54.